The Labute approximate surface area is 218 Å². The second-order valence-corrected chi connectivity index (χ2v) is 13.9. The second-order valence-electron chi connectivity index (χ2n) is 8.63. The largest absolute Gasteiger partial charge is 0.495 e. The smallest absolute Gasteiger partial charge is 0.390 e. The first-order valence-corrected chi connectivity index (χ1v) is 15.5. The molecule has 2 aliphatic rings. The molecule has 8 atom stereocenters. The van der Waals surface area contributed by atoms with Crippen molar-refractivity contribution in [1.82, 2.24) is 9.55 Å². The SMILES string of the molecule is Nc1ccn([C@@H]2O[C@H](COP(=O)(O)OC(C3=CC(O)[C@H](O)[C@@H](O)C3)([P+](O)(O)O)[P+](O)(O)O)C(O)[C@@H]2O)c(=O)n1. The summed E-state index contributed by atoms with van der Waals surface area (Å²) in [5.74, 6) is -0.167. The van der Waals surface area contributed by atoms with Gasteiger partial charge in [0.15, 0.2) is 6.23 Å². The molecule has 0 amide bonds. The van der Waals surface area contributed by atoms with E-state index in [2.05, 4.69) is 14.0 Å². The number of phosphoric ester groups is 1. The maximum absolute atomic E-state index is 12.8. The van der Waals surface area contributed by atoms with Gasteiger partial charge in [0.05, 0.1) is 18.3 Å². The molecular formula is C16H28N3O17P3+2. The van der Waals surface area contributed by atoms with Crippen LogP contribution in [0.2, 0.25) is 0 Å². The monoisotopic (exact) mass is 627 g/mol. The molecule has 1 aliphatic heterocycles. The molecule has 23 heteroatoms. The fourth-order valence-corrected chi connectivity index (χ4v) is 8.86. The lowest BCUT2D eigenvalue weighted by Gasteiger charge is -2.36. The van der Waals surface area contributed by atoms with E-state index in [4.69, 9.17) is 10.5 Å². The Hall–Kier alpha value is -1.09. The van der Waals surface area contributed by atoms with Crippen LogP contribution < -0.4 is 11.4 Å². The molecule has 1 aliphatic carbocycles. The Morgan fingerprint density at radius 1 is 1.08 bits per heavy atom. The summed E-state index contributed by atoms with van der Waals surface area (Å²) in [4.78, 5) is 85.9. The van der Waals surface area contributed by atoms with Gasteiger partial charge in [-0.15, -0.1) is 0 Å². The van der Waals surface area contributed by atoms with Crippen molar-refractivity contribution in [2.24, 2.45) is 0 Å². The molecule has 0 saturated carbocycles. The van der Waals surface area contributed by atoms with Crippen molar-refractivity contribution in [2.75, 3.05) is 12.3 Å². The van der Waals surface area contributed by atoms with Crippen molar-refractivity contribution in [1.29, 1.82) is 0 Å². The normalized spacial score (nSPS) is 32.1. The Bertz CT molecular complexity index is 1170. The van der Waals surface area contributed by atoms with Gasteiger partial charge in [0.2, 0.25) is 0 Å². The minimum atomic E-state index is -6.03. The van der Waals surface area contributed by atoms with Gasteiger partial charge in [-0.2, -0.15) is 38.9 Å². The van der Waals surface area contributed by atoms with Crippen LogP contribution in [0.15, 0.2) is 28.7 Å². The molecule has 3 rings (SSSR count). The number of hydrogen-bond acceptors (Lipinski definition) is 18. The van der Waals surface area contributed by atoms with Crippen LogP contribution in [-0.4, -0.2) is 118 Å². The molecule has 0 radical (unpaired) electrons. The average Bonchev–Trinajstić information content (AvgIpc) is 3.06. The van der Waals surface area contributed by atoms with E-state index >= 15 is 0 Å². The first-order valence-electron chi connectivity index (χ1n) is 10.7. The summed E-state index contributed by atoms with van der Waals surface area (Å²) in [6.07, 6.45) is -12.5. The van der Waals surface area contributed by atoms with E-state index in [9.17, 15) is 69.1 Å². The van der Waals surface area contributed by atoms with Crippen molar-refractivity contribution < 1.29 is 78.1 Å². The highest BCUT2D eigenvalue weighted by Crippen LogP contribution is 2.83. The molecule has 14 N–H and O–H groups in total. The predicted molar refractivity (Wildman–Crippen MR) is 126 cm³/mol. The van der Waals surface area contributed by atoms with Gasteiger partial charge in [0.1, 0.15) is 36.3 Å². The van der Waals surface area contributed by atoms with Crippen LogP contribution in [0.3, 0.4) is 0 Å². The first-order chi connectivity index (χ1) is 17.7. The number of aromatic nitrogens is 2. The number of aliphatic hydroxyl groups is 5. The standard InChI is InChI=1S/C16H26N3O17P3/c17-10-1-2-19(15(25)18-10)14-13(24)12(23)9(35-14)5-34-39(32,33)36-16(37(26,27)28,38(29,30)31)6-3-7(20)11(22)8(21)4-6/h1-3,7-9,11-14,20-24,26-31H,4-5H2,(H-2,17,18,25,32,33)/p+2/t7?,8-,9+,11-,12?,13-,14+/m0/s1. The highest BCUT2D eigenvalue weighted by molar-refractivity contribution is 7.79. The number of anilines is 1. The molecule has 3 unspecified atom stereocenters. The third-order valence-electron chi connectivity index (χ3n) is 5.88. The minimum Gasteiger partial charge on any atom is -0.390 e. The topological polar surface area (TPSA) is 348 Å². The number of nitrogens with two attached hydrogens (primary N) is 1. The summed E-state index contributed by atoms with van der Waals surface area (Å²) in [5.41, 5.74) is 3.29. The summed E-state index contributed by atoms with van der Waals surface area (Å²) in [6.45, 7) is -1.17. The summed E-state index contributed by atoms with van der Waals surface area (Å²) >= 11 is 0. The summed E-state index contributed by atoms with van der Waals surface area (Å²) < 4.78 is 27.9. The van der Waals surface area contributed by atoms with Crippen molar-refractivity contribution in [2.45, 2.75) is 54.4 Å². The third-order valence-corrected chi connectivity index (χ3v) is 11.1. The molecule has 1 fully saturated rings. The number of rotatable bonds is 9. The molecule has 1 saturated heterocycles. The Balaban J connectivity index is 1.88. The number of ether oxygens (including phenoxy) is 1. The average molecular weight is 627 g/mol. The van der Waals surface area contributed by atoms with Crippen LogP contribution in [0.25, 0.3) is 0 Å². The molecule has 222 valence electrons. The van der Waals surface area contributed by atoms with Crippen LogP contribution in [-0.2, 0) is 18.3 Å². The van der Waals surface area contributed by atoms with Crippen molar-refractivity contribution in [3.05, 3.63) is 34.4 Å². The Kier molecular flexibility index (Phi) is 9.39. The molecule has 39 heavy (non-hydrogen) atoms. The van der Waals surface area contributed by atoms with E-state index in [1.54, 1.807) is 0 Å². The van der Waals surface area contributed by atoms with Crippen LogP contribution in [0.1, 0.15) is 12.6 Å². The lowest BCUT2D eigenvalue weighted by molar-refractivity contribution is -0.0583. The lowest BCUT2D eigenvalue weighted by Crippen LogP contribution is -2.47. The number of aliphatic hydroxyl groups excluding tert-OH is 5. The molecule has 1 aromatic rings. The molecule has 0 bridgehead atoms. The molecule has 20 nitrogen and oxygen atoms in total. The zero-order valence-corrected chi connectivity index (χ0v) is 22.1. The minimum absolute atomic E-state index is 0.167. The van der Waals surface area contributed by atoms with Crippen LogP contribution in [0.4, 0.5) is 5.82 Å². The Morgan fingerprint density at radius 3 is 2.18 bits per heavy atom. The maximum Gasteiger partial charge on any atom is 0.495 e. The van der Waals surface area contributed by atoms with Crippen molar-refractivity contribution in [3.8, 4) is 0 Å². The van der Waals surface area contributed by atoms with Gasteiger partial charge in [0, 0.05) is 12.6 Å². The fourth-order valence-electron chi connectivity index (χ4n) is 3.99. The molecule has 0 spiro atoms. The lowest BCUT2D eigenvalue weighted by atomic mass is 9.92. The zero-order chi connectivity index (χ0) is 29.7. The van der Waals surface area contributed by atoms with Crippen molar-refractivity contribution >= 4 is 29.5 Å². The predicted octanol–water partition coefficient (Wildman–Crippen LogP) is -4.88. The zero-order valence-electron chi connectivity index (χ0n) is 19.4. The van der Waals surface area contributed by atoms with E-state index in [-0.39, 0.29) is 5.82 Å². The van der Waals surface area contributed by atoms with E-state index in [0.29, 0.717) is 6.08 Å². The second kappa shape index (κ2) is 11.3. The fraction of sp³-hybridized carbons (Fsp3) is 0.625. The van der Waals surface area contributed by atoms with Crippen LogP contribution in [0.5, 0.6) is 0 Å². The summed E-state index contributed by atoms with van der Waals surface area (Å²) in [5, 5.41) is 46.0. The van der Waals surface area contributed by atoms with Gasteiger partial charge in [-0.3, -0.25) is 9.09 Å². The van der Waals surface area contributed by atoms with Crippen LogP contribution in [0, 0.1) is 0 Å². The number of phosphoric acid groups is 1. The van der Waals surface area contributed by atoms with Gasteiger partial charge < -0.3 is 40.9 Å². The van der Waals surface area contributed by atoms with E-state index in [1.807, 2.05) is 0 Å². The number of nitrogens with zero attached hydrogens (tertiary/aromatic N) is 2. The van der Waals surface area contributed by atoms with Crippen molar-refractivity contribution in [3.63, 3.8) is 0 Å². The number of hydrogen-bond donors (Lipinski definition) is 13. The summed E-state index contributed by atoms with van der Waals surface area (Å²) in [6, 6.07) is 1.16. The molecule has 2 heterocycles. The maximum atomic E-state index is 12.8. The quantitative estimate of drug-likeness (QED) is 0.0901. The Morgan fingerprint density at radius 2 is 1.67 bits per heavy atom. The van der Waals surface area contributed by atoms with Gasteiger partial charge in [0.25, 0.3) is 0 Å². The molecule has 1 aromatic heterocycles. The summed E-state index contributed by atoms with van der Waals surface area (Å²) in [7, 11) is -17.9. The van der Waals surface area contributed by atoms with E-state index in [1.165, 1.54) is 0 Å². The van der Waals surface area contributed by atoms with Gasteiger partial charge in [-0.05, 0) is 12.1 Å². The third kappa shape index (κ3) is 6.39. The highest BCUT2D eigenvalue weighted by Gasteiger charge is 2.85. The van der Waals surface area contributed by atoms with Gasteiger partial charge in [-0.1, -0.05) is 0 Å². The van der Waals surface area contributed by atoms with E-state index in [0.717, 1.165) is 16.8 Å². The highest BCUT2D eigenvalue weighted by atomic mass is 31.3. The van der Waals surface area contributed by atoms with Crippen LogP contribution >= 0.6 is 23.7 Å². The van der Waals surface area contributed by atoms with Gasteiger partial charge in [-0.25, -0.2) is 9.36 Å². The number of nitrogen functional groups attached to an aromatic ring is 1. The van der Waals surface area contributed by atoms with E-state index < -0.39 is 95.9 Å². The first kappa shape index (κ1) is 32.4. The molecule has 0 aromatic carbocycles. The van der Waals surface area contributed by atoms with Gasteiger partial charge >= 0.3 is 34.5 Å². The molecular weight excluding hydrogens is 599 g/mol.